The van der Waals surface area contributed by atoms with E-state index in [1.165, 1.54) is 17.5 Å². The predicted octanol–water partition coefficient (Wildman–Crippen LogP) is 3.01. The van der Waals surface area contributed by atoms with Gasteiger partial charge < -0.3 is 10.1 Å². The highest BCUT2D eigenvalue weighted by molar-refractivity contribution is 7.13. The van der Waals surface area contributed by atoms with E-state index in [1.807, 2.05) is 11.4 Å². The van der Waals surface area contributed by atoms with Crippen LogP contribution in [0.25, 0.3) is 21.5 Å². The van der Waals surface area contributed by atoms with Gasteiger partial charge in [-0.25, -0.2) is 4.98 Å². The molecule has 0 spiro atoms. The molecule has 6 heteroatoms. The van der Waals surface area contributed by atoms with Crippen LogP contribution in [0.15, 0.2) is 34.6 Å². The zero-order valence-corrected chi connectivity index (χ0v) is 10.5. The Kier molecular flexibility index (Phi) is 2.57. The summed E-state index contributed by atoms with van der Waals surface area (Å²) < 4.78 is 0. The van der Waals surface area contributed by atoms with Crippen molar-refractivity contribution in [3.8, 4) is 16.2 Å². The van der Waals surface area contributed by atoms with Crippen LogP contribution in [0, 0.1) is 0 Å². The summed E-state index contributed by atoms with van der Waals surface area (Å²) in [5.74, 6) is -0.118. The Morgan fingerprint density at radius 2 is 2.28 bits per heavy atom. The first kappa shape index (κ1) is 11.3. The maximum atomic E-state index is 12.0. The van der Waals surface area contributed by atoms with Gasteiger partial charge in [0.25, 0.3) is 5.56 Å². The van der Waals surface area contributed by atoms with Gasteiger partial charge in [-0.15, -0.1) is 11.3 Å². The first-order chi connectivity index (χ1) is 8.66. The predicted molar refractivity (Wildman–Crippen MR) is 72.4 cm³/mol. The SMILES string of the molecule is O=c1[nH]c2cc(Cl)cnc2c(O)c1-c1cccs1. The molecule has 2 N–H and O–H groups in total. The lowest BCUT2D eigenvalue weighted by Crippen LogP contribution is -2.09. The molecule has 0 aliphatic carbocycles. The number of fused-ring (bicyclic) bond motifs is 1. The van der Waals surface area contributed by atoms with Crippen molar-refractivity contribution < 1.29 is 5.11 Å². The average molecular weight is 279 g/mol. The molecule has 0 fully saturated rings. The van der Waals surface area contributed by atoms with Crippen LogP contribution < -0.4 is 5.56 Å². The minimum atomic E-state index is -0.355. The molecule has 3 heterocycles. The van der Waals surface area contributed by atoms with Crippen LogP contribution in [0.1, 0.15) is 0 Å². The maximum absolute atomic E-state index is 12.0. The van der Waals surface area contributed by atoms with Crippen molar-refractivity contribution in [3.05, 3.63) is 45.2 Å². The minimum absolute atomic E-state index is 0.118. The van der Waals surface area contributed by atoms with Gasteiger partial charge in [-0.3, -0.25) is 4.79 Å². The largest absolute Gasteiger partial charge is 0.505 e. The van der Waals surface area contributed by atoms with Gasteiger partial charge in [0.05, 0.1) is 10.5 Å². The zero-order chi connectivity index (χ0) is 12.7. The van der Waals surface area contributed by atoms with E-state index in [1.54, 1.807) is 12.1 Å². The van der Waals surface area contributed by atoms with Gasteiger partial charge >= 0.3 is 0 Å². The van der Waals surface area contributed by atoms with Gasteiger partial charge in [-0.2, -0.15) is 0 Å². The molecule has 90 valence electrons. The lowest BCUT2D eigenvalue weighted by Gasteiger charge is -2.05. The van der Waals surface area contributed by atoms with Crippen LogP contribution in [0.2, 0.25) is 5.02 Å². The van der Waals surface area contributed by atoms with Crippen molar-refractivity contribution in [2.45, 2.75) is 0 Å². The fourth-order valence-corrected chi connectivity index (χ4v) is 2.71. The highest BCUT2D eigenvalue weighted by Gasteiger charge is 2.15. The summed E-state index contributed by atoms with van der Waals surface area (Å²) >= 11 is 7.18. The first-order valence-electron chi connectivity index (χ1n) is 5.11. The van der Waals surface area contributed by atoms with Gasteiger partial charge in [0.1, 0.15) is 11.1 Å². The Morgan fingerprint density at radius 3 is 3.00 bits per heavy atom. The molecule has 18 heavy (non-hydrogen) atoms. The summed E-state index contributed by atoms with van der Waals surface area (Å²) in [6.45, 7) is 0. The molecule has 3 aromatic heterocycles. The summed E-state index contributed by atoms with van der Waals surface area (Å²) in [5.41, 5.74) is 0.645. The van der Waals surface area contributed by atoms with E-state index in [2.05, 4.69) is 9.97 Å². The topological polar surface area (TPSA) is 66.0 Å². The number of hydrogen-bond acceptors (Lipinski definition) is 4. The Morgan fingerprint density at radius 1 is 1.44 bits per heavy atom. The van der Waals surface area contributed by atoms with E-state index in [0.29, 0.717) is 20.9 Å². The Hall–Kier alpha value is -1.85. The van der Waals surface area contributed by atoms with Gasteiger partial charge in [-0.05, 0) is 17.5 Å². The third-order valence-corrected chi connectivity index (χ3v) is 3.65. The number of H-pyrrole nitrogens is 1. The van der Waals surface area contributed by atoms with E-state index >= 15 is 0 Å². The number of aromatic amines is 1. The van der Waals surface area contributed by atoms with E-state index < -0.39 is 0 Å². The molecule has 3 aromatic rings. The number of pyridine rings is 2. The van der Waals surface area contributed by atoms with Crippen LogP contribution >= 0.6 is 22.9 Å². The number of rotatable bonds is 1. The monoisotopic (exact) mass is 278 g/mol. The summed E-state index contributed by atoms with van der Waals surface area (Å²) in [6.07, 6.45) is 1.43. The highest BCUT2D eigenvalue weighted by atomic mass is 35.5. The highest BCUT2D eigenvalue weighted by Crippen LogP contribution is 2.33. The summed E-state index contributed by atoms with van der Waals surface area (Å²) in [4.78, 5) is 19.4. The van der Waals surface area contributed by atoms with Crippen LogP contribution in [0.3, 0.4) is 0 Å². The maximum Gasteiger partial charge on any atom is 0.261 e. The Bertz CT molecular complexity index is 781. The lowest BCUT2D eigenvalue weighted by molar-refractivity contribution is 0.481. The first-order valence-corrected chi connectivity index (χ1v) is 6.37. The lowest BCUT2D eigenvalue weighted by atomic mass is 10.2. The van der Waals surface area contributed by atoms with E-state index in [4.69, 9.17) is 11.6 Å². The zero-order valence-electron chi connectivity index (χ0n) is 8.98. The molecule has 3 rings (SSSR count). The van der Waals surface area contributed by atoms with Crippen LogP contribution in [-0.4, -0.2) is 15.1 Å². The Balaban J connectivity index is 2.41. The van der Waals surface area contributed by atoms with Crippen molar-refractivity contribution >= 4 is 34.0 Å². The number of nitrogens with one attached hydrogen (secondary N) is 1. The molecule has 0 amide bonds. The number of aromatic nitrogens is 2. The van der Waals surface area contributed by atoms with Gasteiger partial charge in [0.15, 0.2) is 5.75 Å². The third kappa shape index (κ3) is 1.68. The summed E-state index contributed by atoms with van der Waals surface area (Å²) in [7, 11) is 0. The normalized spacial score (nSPS) is 10.9. The smallest absolute Gasteiger partial charge is 0.261 e. The fraction of sp³-hybridized carbons (Fsp3) is 0. The Labute approximate surface area is 111 Å². The number of thiophene rings is 1. The quantitative estimate of drug-likeness (QED) is 0.719. The molecule has 0 aliphatic heterocycles. The number of aromatic hydroxyl groups is 1. The van der Waals surface area contributed by atoms with Gasteiger partial charge in [0.2, 0.25) is 0 Å². The fourth-order valence-electron chi connectivity index (χ4n) is 1.78. The molecule has 0 aromatic carbocycles. The van der Waals surface area contributed by atoms with Gasteiger partial charge in [0, 0.05) is 11.1 Å². The molecular formula is C12H7ClN2O2S. The number of nitrogens with zero attached hydrogens (tertiary/aromatic N) is 1. The van der Waals surface area contributed by atoms with Crippen LogP contribution in [0.4, 0.5) is 0 Å². The van der Waals surface area contributed by atoms with E-state index in [9.17, 15) is 9.90 Å². The second-order valence-electron chi connectivity index (χ2n) is 3.70. The average Bonchev–Trinajstić information content (AvgIpc) is 2.82. The summed E-state index contributed by atoms with van der Waals surface area (Å²) in [5, 5.41) is 12.4. The molecule has 0 radical (unpaired) electrons. The summed E-state index contributed by atoms with van der Waals surface area (Å²) in [6, 6.07) is 5.15. The van der Waals surface area contributed by atoms with Crippen molar-refractivity contribution in [2.75, 3.05) is 0 Å². The second-order valence-corrected chi connectivity index (χ2v) is 5.09. The van der Waals surface area contributed by atoms with Crippen LogP contribution in [0.5, 0.6) is 5.75 Å². The van der Waals surface area contributed by atoms with Crippen molar-refractivity contribution in [1.82, 2.24) is 9.97 Å². The number of hydrogen-bond donors (Lipinski definition) is 2. The molecule has 4 nitrogen and oxygen atoms in total. The molecule has 0 bridgehead atoms. The molecular weight excluding hydrogens is 272 g/mol. The molecule has 0 saturated carbocycles. The van der Waals surface area contributed by atoms with Crippen molar-refractivity contribution in [3.63, 3.8) is 0 Å². The van der Waals surface area contributed by atoms with Gasteiger partial charge in [-0.1, -0.05) is 17.7 Å². The molecule has 0 aliphatic rings. The second kappa shape index (κ2) is 4.12. The third-order valence-electron chi connectivity index (χ3n) is 2.56. The standard InChI is InChI=1S/C12H7ClN2O2S/c13-6-4-7-10(14-5-6)11(16)9(12(17)15-7)8-2-1-3-18-8/h1-5H,(H2,15,16,17). The minimum Gasteiger partial charge on any atom is -0.505 e. The molecule has 0 unspecified atom stereocenters. The molecule has 0 saturated heterocycles. The van der Waals surface area contributed by atoms with Crippen molar-refractivity contribution in [2.24, 2.45) is 0 Å². The van der Waals surface area contributed by atoms with E-state index in [0.717, 1.165) is 0 Å². The van der Waals surface area contributed by atoms with Crippen molar-refractivity contribution in [1.29, 1.82) is 0 Å². The number of halogens is 1. The van der Waals surface area contributed by atoms with E-state index in [-0.39, 0.29) is 16.9 Å². The molecule has 0 atom stereocenters. The van der Waals surface area contributed by atoms with Crippen LogP contribution in [-0.2, 0) is 0 Å².